The summed E-state index contributed by atoms with van der Waals surface area (Å²) in [7, 11) is 0. The number of imide groups is 1. The number of benzene rings is 2. The van der Waals surface area contributed by atoms with Gasteiger partial charge in [0.25, 0.3) is 5.91 Å². The maximum Gasteiger partial charge on any atom is 0.328 e. The van der Waals surface area contributed by atoms with Gasteiger partial charge >= 0.3 is 6.03 Å². The number of nitrogens with one attached hydrogen (secondary N) is 2. The molecule has 138 valence electrons. The summed E-state index contributed by atoms with van der Waals surface area (Å²) in [5, 5.41) is 13.0. The van der Waals surface area contributed by atoms with Gasteiger partial charge in [-0.05, 0) is 30.3 Å². The molecule has 0 aliphatic heterocycles. The second kappa shape index (κ2) is 7.95. The van der Waals surface area contributed by atoms with Crippen molar-refractivity contribution in [3.63, 3.8) is 0 Å². The van der Waals surface area contributed by atoms with Gasteiger partial charge in [-0.25, -0.2) is 13.6 Å². The van der Waals surface area contributed by atoms with Gasteiger partial charge in [0.05, 0.1) is 5.02 Å². The third kappa shape index (κ3) is 4.38. The Morgan fingerprint density at radius 3 is 2.41 bits per heavy atom. The number of hydrogen-bond donors (Lipinski definition) is 2. The SMILES string of the molecule is O=C(NC(=O)c1c(F)cccc1F)Nc1nnc(-c2ccc(Cl)cc2Cl)s1. The lowest BCUT2D eigenvalue weighted by molar-refractivity contribution is 0.0959. The lowest BCUT2D eigenvalue weighted by Gasteiger charge is -2.05. The van der Waals surface area contributed by atoms with Gasteiger partial charge < -0.3 is 0 Å². The largest absolute Gasteiger partial charge is 0.328 e. The number of urea groups is 1. The maximum absolute atomic E-state index is 13.6. The van der Waals surface area contributed by atoms with E-state index >= 15 is 0 Å². The number of anilines is 1. The van der Waals surface area contributed by atoms with Crippen molar-refractivity contribution in [2.75, 3.05) is 5.32 Å². The van der Waals surface area contributed by atoms with Crippen molar-refractivity contribution < 1.29 is 18.4 Å². The average Bonchev–Trinajstić information content (AvgIpc) is 3.02. The number of nitrogens with zero attached hydrogens (tertiary/aromatic N) is 2. The van der Waals surface area contributed by atoms with Crippen LogP contribution in [0.3, 0.4) is 0 Å². The minimum absolute atomic E-state index is 0.0512. The van der Waals surface area contributed by atoms with E-state index in [2.05, 4.69) is 15.5 Å². The molecule has 3 amide bonds. The van der Waals surface area contributed by atoms with Crippen molar-refractivity contribution in [2.45, 2.75) is 0 Å². The third-order valence-corrected chi connectivity index (χ3v) is 4.64. The molecule has 0 saturated heterocycles. The maximum atomic E-state index is 13.6. The van der Waals surface area contributed by atoms with E-state index in [4.69, 9.17) is 23.2 Å². The summed E-state index contributed by atoms with van der Waals surface area (Å²) < 4.78 is 27.1. The Morgan fingerprint density at radius 2 is 1.74 bits per heavy atom. The second-order valence-corrected chi connectivity index (χ2v) is 6.86. The predicted octanol–water partition coefficient (Wildman–Crippen LogP) is 4.75. The first-order valence-electron chi connectivity index (χ1n) is 7.20. The van der Waals surface area contributed by atoms with Gasteiger partial charge in [-0.3, -0.25) is 15.4 Å². The quantitative estimate of drug-likeness (QED) is 0.630. The summed E-state index contributed by atoms with van der Waals surface area (Å²) in [5.74, 6) is -3.40. The van der Waals surface area contributed by atoms with Gasteiger partial charge in [0.1, 0.15) is 17.2 Å². The monoisotopic (exact) mass is 428 g/mol. The average molecular weight is 429 g/mol. The molecule has 3 aromatic rings. The number of aromatic nitrogens is 2. The molecule has 0 unspecified atom stereocenters. The number of rotatable bonds is 3. The van der Waals surface area contributed by atoms with Crippen LogP contribution in [0.2, 0.25) is 10.0 Å². The van der Waals surface area contributed by atoms with Crippen LogP contribution < -0.4 is 10.6 Å². The van der Waals surface area contributed by atoms with E-state index in [1.165, 1.54) is 6.07 Å². The van der Waals surface area contributed by atoms with Crippen molar-refractivity contribution in [1.29, 1.82) is 0 Å². The molecule has 0 spiro atoms. The second-order valence-electron chi connectivity index (χ2n) is 5.04. The standard InChI is InChI=1S/C16H8Cl2F2N4O2S/c17-7-4-5-8(9(18)6-7)14-23-24-16(27-14)22-15(26)21-13(25)12-10(19)2-1-3-11(12)20/h1-6H,(H2,21,22,24,25,26). The van der Waals surface area contributed by atoms with E-state index in [1.807, 2.05) is 5.32 Å². The fourth-order valence-electron chi connectivity index (χ4n) is 2.05. The highest BCUT2D eigenvalue weighted by atomic mass is 35.5. The minimum Gasteiger partial charge on any atom is -0.282 e. The molecule has 11 heteroatoms. The van der Waals surface area contributed by atoms with E-state index in [1.54, 1.807) is 12.1 Å². The van der Waals surface area contributed by atoms with Gasteiger partial charge in [-0.1, -0.05) is 40.6 Å². The van der Waals surface area contributed by atoms with Crippen LogP contribution in [0.25, 0.3) is 10.6 Å². The van der Waals surface area contributed by atoms with Crippen LogP contribution >= 0.6 is 34.5 Å². The summed E-state index contributed by atoms with van der Waals surface area (Å²) in [6, 6.07) is 6.68. The van der Waals surface area contributed by atoms with Crippen molar-refractivity contribution in [2.24, 2.45) is 0 Å². The van der Waals surface area contributed by atoms with Crippen LogP contribution in [-0.4, -0.2) is 22.1 Å². The summed E-state index contributed by atoms with van der Waals surface area (Å²) >= 11 is 12.9. The Morgan fingerprint density at radius 1 is 1.04 bits per heavy atom. The molecule has 0 bridgehead atoms. The zero-order chi connectivity index (χ0) is 19.6. The Hall–Kier alpha value is -2.62. The van der Waals surface area contributed by atoms with Crippen LogP contribution in [0.4, 0.5) is 18.7 Å². The number of hydrogen-bond acceptors (Lipinski definition) is 5. The van der Waals surface area contributed by atoms with Crippen LogP contribution in [0.5, 0.6) is 0 Å². The van der Waals surface area contributed by atoms with E-state index < -0.39 is 29.1 Å². The van der Waals surface area contributed by atoms with Crippen molar-refractivity contribution in [3.05, 3.63) is 63.6 Å². The Kier molecular flexibility index (Phi) is 5.64. The molecule has 1 heterocycles. The highest BCUT2D eigenvalue weighted by Gasteiger charge is 2.20. The van der Waals surface area contributed by atoms with Crippen molar-refractivity contribution in [1.82, 2.24) is 15.5 Å². The minimum atomic E-state index is -1.23. The predicted molar refractivity (Wildman–Crippen MR) is 98.2 cm³/mol. The van der Waals surface area contributed by atoms with Gasteiger partial charge in [0, 0.05) is 10.6 Å². The van der Waals surface area contributed by atoms with Crippen molar-refractivity contribution >= 4 is 51.6 Å². The third-order valence-electron chi connectivity index (χ3n) is 3.22. The molecule has 0 atom stereocenters. The molecule has 0 saturated carbocycles. The van der Waals surface area contributed by atoms with E-state index in [9.17, 15) is 18.4 Å². The highest BCUT2D eigenvalue weighted by Crippen LogP contribution is 2.33. The molecule has 6 nitrogen and oxygen atoms in total. The number of carbonyl (C=O) groups excluding carboxylic acids is 2. The normalized spacial score (nSPS) is 10.5. The molecule has 0 aliphatic rings. The fourth-order valence-corrected chi connectivity index (χ4v) is 3.39. The zero-order valence-electron chi connectivity index (χ0n) is 13.1. The first-order valence-corrected chi connectivity index (χ1v) is 8.77. The molecular formula is C16H8Cl2F2N4O2S. The van der Waals surface area contributed by atoms with Crippen LogP contribution in [0.15, 0.2) is 36.4 Å². The highest BCUT2D eigenvalue weighted by molar-refractivity contribution is 7.18. The van der Waals surface area contributed by atoms with Crippen LogP contribution in [0.1, 0.15) is 10.4 Å². The molecule has 3 rings (SSSR count). The van der Waals surface area contributed by atoms with Gasteiger partial charge in [-0.2, -0.15) is 0 Å². The first kappa shape index (κ1) is 19.2. The molecule has 2 aromatic carbocycles. The van der Waals surface area contributed by atoms with Gasteiger partial charge in [-0.15, -0.1) is 10.2 Å². The summed E-state index contributed by atoms with van der Waals surface area (Å²) in [6.07, 6.45) is 0. The summed E-state index contributed by atoms with van der Waals surface area (Å²) in [4.78, 5) is 23.8. The van der Waals surface area contributed by atoms with E-state index in [-0.39, 0.29) is 5.13 Å². The fraction of sp³-hybridized carbons (Fsp3) is 0. The summed E-state index contributed by atoms with van der Waals surface area (Å²) in [5.41, 5.74) is -0.310. The summed E-state index contributed by atoms with van der Waals surface area (Å²) in [6.45, 7) is 0. The van der Waals surface area contributed by atoms with Gasteiger partial charge in [0.15, 0.2) is 5.01 Å². The molecular weight excluding hydrogens is 421 g/mol. The molecule has 27 heavy (non-hydrogen) atoms. The number of amides is 3. The number of carbonyl (C=O) groups is 2. The molecule has 0 radical (unpaired) electrons. The topological polar surface area (TPSA) is 84.0 Å². The molecule has 1 aromatic heterocycles. The Labute approximate surface area is 165 Å². The van der Waals surface area contributed by atoms with E-state index in [0.717, 1.165) is 29.5 Å². The van der Waals surface area contributed by atoms with Gasteiger partial charge in [0.2, 0.25) is 5.13 Å². The molecule has 2 N–H and O–H groups in total. The molecule has 0 aliphatic carbocycles. The van der Waals surface area contributed by atoms with E-state index in [0.29, 0.717) is 20.6 Å². The number of halogens is 4. The lowest BCUT2D eigenvalue weighted by atomic mass is 10.2. The van der Waals surface area contributed by atoms with Crippen molar-refractivity contribution in [3.8, 4) is 10.6 Å². The zero-order valence-corrected chi connectivity index (χ0v) is 15.4. The smallest absolute Gasteiger partial charge is 0.282 e. The van der Waals surface area contributed by atoms with Crippen LogP contribution in [0, 0.1) is 11.6 Å². The first-order chi connectivity index (χ1) is 12.8. The lowest BCUT2D eigenvalue weighted by Crippen LogP contribution is -2.35. The molecule has 0 fully saturated rings. The Bertz CT molecular complexity index is 1020. The van der Waals surface area contributed by atoms with Crippen LogP contribution in [-0.2, 0) is 0 Å². The Balaban J connectivity index is 1.70.